The van der Waals surface area contributed by atoms with E-state index in [-0.39, 0.29) is 11.0 Å². The van der Waals surface area contributed by atoms with Crippen molar-refractivity contribution in [2.24, 2.45) is 5.41 Å². The molecular weight excluding hydrogens is 263 g/mol. The van der Waals surface area contributed by atoms with Crippen LogP contribution < -0.4 is 5.32 Å². The topological polar surface area (TPSA) is 12.0 Å². The molecule has 0 spiro atoms. The zero-order valence-electron chi connectivity index (χ0n) is 12.5. The van der Waals surface area contributed by atoms with E-state index < -0.39 is 11.7 Å². The summed E-state index contributed by atoms with van der Waals surface area (Å²) in [5.41, 5.74) is 0.857. The molecule has 0 amide bonds. The van der Waals surface area contributed by atoms with Crippen LogP contribution in [0.5, 0.6) is 0 Å². The average molecular weight is 285 g/mol. The fraction of sp³-hybridized carbons (Fsp3) is 0.625. The Labute approximate surface area is 118 Å². The van der Waals surface area contributed by atoms with Crippen molar-refractivity contribution in [2.45, 2.75) is 52.3 Å². The lowest BCUT2D eigenvalue weighted by Crippen LogP contribution is -2.48. The number of benzene rings is 1. The zero-order valence-corrected chi connectivity index (χ0v) is 12.5. The number of nitrogens with one attached hydrogen (secondary N) is 1. The van der Waals surface area contributed by atoms with Crippen LogP contribution in [0.25, 0.3) is 0 Å². The minimum atomic E-state index is -4.28. The molecule has 20 heavy (non-hydrogen) atoms. The molecule has 1 N–H and O–H groups in total. The molecule has 0 aliphatic carbocycles. The third kappa shape index (κ3) is 2.46. The fourth-order valence-corrected chi connectivity index (χ4v) is 3.34. The van der Waals surface area contributed by atoms with Gasteiger partial charge in [-0.05, 0) is 55.0 Å². The van der Waals surface area contributed by atoms with Gasteiger partial charge in [0.2, 0.25) is 0 Å². The molecule has 1 aliphatic heterocycles. The van der Waals surface area contributed by atoms with Crippen LogP contribution in [0, 0.1) is 12.3 Å². The van der Waals surface area contributed by atoms with Crippen LogP contribution in [-0.2, 0) is 11.7 Å². The summed E-state index contributed by atoms with van der Waals surface area (Å²) < 4.78 is 38.4. The van der Waals surface area contributed by atoms with Gasteiger partial charge in [-0.25, -0.2) is 0 Å². The van der Waals surface area contributed by atoms with Gasteiger partial charge < -0.3 is 5.32 Å². The molecule has 1 heterocycles. The van der Waals surface area contributed by atoms with Crippen molar-refractivity contribution in [1.29, 1.82) is 0 Å². The molecule has 1 saturated heterocycles. The maximum atomic E-state index is 12.8. The Morgan fingerprint density at radius 2 is 1.80 bits per heavy atom. The predicted molar refractivity (Wildman–Crippen MR) is 74.6 cm³/mol. The second-order valence-corrected chi connectivity index (χ2v) is 6.71. The first-order chi connectivity index (χ1) is 9.08. The zero-order chi connectivity index (χ0) is 15.2. The lowest BCUT2D eigenvalue weighted by molar-refractivity contribution is -0.137. The molecule has 1 aromatic carbocycles. The molecule has 1 fully saturated rings. The van der Waals surface area contributed by atoms with E-state index in [1.54, 1.807) is 13.0 Å². The van der Waals surface area contributed by atoms with Crippen molar-refractivity contribution in [3.05, 3.63) is 34.9 Å². The smallest absolute Gasteiger partial charge is 0.307 e. The molecule has 0 aromatic heterocycles. The van der Waals surface area contributed by atoms with Crippen LogP contribution in [-0.4, -0.2) is 6.54 Å². The Morgan fingerprint density at radius 1 is 1.15 bits per heavy atom. The predicted octanol–water partition coefficient (Wildman–Crippen LogP) is 4.64. The molecule has 0 bridgehead atoms. The highest BCUT2D eigenvalue weighted by atomic mass is 19.4. The van der Waals surface area contributed by atoms with Gasteiger partial charge in [0.15, 0.2) is 0 Å². The standard InChI is InChI=1S/C16H22F3N/c1-11-10-12(16(17,18)19)6-7-13(11)15(14(2,3)4)8-5-9-20-15/h6-7,10,20H,5,8-9H2,1-4H3. The molecule has 1 nitrogen and oxygen atoms in total. The normalized spacial score (nSPS) is 24.1. The Hall–Kier alpha value is -1.03. The van der Waals surface area contributed by atoms with Gasteiger partial charge in [0, 0.05) is 5.54 Å². The minimum Gasteiger partial charge on any atom is -0.307 e. The van der Waals surface area contributed by atoms with E-state index in [9.17, 15) is 13.2 Å². The first-order valence-electron chi connectivity index (χ1n) is 7.01. The van der Waals surface area contributed by atoms with Gasteiger partial charge in [0.25, 0.3) is 0 Å². The van der Waals surface area contributed by atoms with Gasteiger partial charge in [-0.3, -0.25) is 0 Å². The van der Waals surface area contributed by atoms with E-state index in [1.807, 2.05) is 0 Å². The second-order valence-electron chi connectivity index (χ2n) is 6.71. The number of aryl methyl sites for hydroxylation is 1. The molecule has 2 rings (SSSR count). The summed E-state index contributed by atoms with van der Waals surface area (Å²) in [5.74, 6) is 0. The molecule has 4 heteroatoms. The first-order valence-corrected chi connectivity index (χ1v) is 7.01. The highest BCUT2D eigenvalue weighted by Gasteiger charge is 2.46. The molecule has 1 aromatic rings. The van der Waals surface area contributed by atoms with Crippen molar-refractivity contribution >= 4 is 0 Å². The van der Waals surface area contributed by atoms with Crippen LogP contribution in [0.2, 0.25) is 0 Å². The Bertz CT molecular complexity index is 491. The van der Waals surface area contributed by atoms with Gasteiger partial charge in [0.05, 0.1) is 5.56 Å². The maximum absolute atomic E-state index is 12.8. The van der Waals surface area contributed by atoms with E-state index in [2.05, 4.69) is 26.1 Å². The Kier molecular flexibility index (Phi) is 3.66. The fourth-order valence-electron chi connectivity index (χ4n) is 3.34. The van der Waals surface area contributed by atoms with Gasteiger partial charge in [-0.2, -0.15) is 13.2 Å². The summed E-state index contributed by atoms with van der Waals surface area (Å²) in [5, 5.41) is 3.54. The van der Waals surface area contributed by atoms with Crippen molar-refractivity contribution < 1.29 is 13.2 Å². The molecular formula is C16H22F3N. The molecule has 1 atom stereocenters. The number of rotatable bonds is 1. The van der Waals surface area contributed by atoms with Crippen molar-refractivity contribution in [3.8, 4) is 0 Å². The van der Waals surface area contributed by atoms with E-state index in [1.165, 1.54) is 12.1 Å². The summed E-state index contributed by atoms with van der Waals surface area (Å²) in [6, 6.07) is 4.13. The quantitative estimate of drug-likeness (QED) is 0.792. The van der Waals surface area contributed by atoms with Crippen molar-refractivity contribution in [2.75, 3.05) is 6.54 Å². The van der Waals surface area contributed by atoms with Crippen molar-refractivity contribution in [3.63, 3.8) is 0 Å². The average Bonchev–Trinajstić information content (AvgIpc) is 2.77. The summed E-state index contributed by atoms with van der Waals surface area (Å²) >= 11 is 0. The molecule has 1 unspecified atom stereocenters. The van der Waals surface area contributed by atoms with Gasteiger partial charge in [0.1, 0.15) is 0 Å². The molecule has 112 valence electrons. The SMILES string of the molecule is Cc1cc(C(F)(F)F)ccc1C1(C(C)(C)C)CCCN1. The third-order valence-electron chi connectivity index (χ3n) is 4.45. The number of hydrogen-bond donors (Lipinski definition) is 1. The summed E-state index contributed by atoms with van der Waals surface area (Å²) in [6.07, 6.45) is -2.26. The maximum Gasteiger partial charge on any atom is 0.416 e. The van der Waals surface area contributed by atoms with E-state index in [0.717, 1.165) is 24.9 Å². The molecule has 1 aliphatic rings. The third-order valence-corrected chi connectivity index (χ3v) is 4.45. The lowest BCUT2D eigenvalue weighted by atomic mass is 9.67. The molecule has 0 radical (unpaired) electrons. The second kappa shape index (κ2) is 4.76. The minimum absolute atomic E-state index is 0.0476. The largest absolute Gasteiger partial charge is 0.416 e. The highest BCUT2D eigenvalue weighted by molar-refractivity contribution is 5.39. The summed E-state index contributed by atoms with van der Waals surface area (Å²) in [7, 11) is 0. The van der Waals surface area contributed by atoms with Crippen LogP contribution in [0.15, 0.2) is 18.2 Å². The van der Waals surface area contributed by atoms with Crippen LogP contribution in [0.4, 0.5) is 13.2 Å². The van der Waals surface area contributed by atoms with E-state index in [4.69, 9.17) is 0 Å². The number of alkyl halides is 3. The number of hydrogen-bond acceptors (Lipinski definition) is 1. The van der Waals surface area contributed by atoms with Crippen LogP contribution in [0.3, 0.4) is 0 Å². The Balaban J connectivity index is 2.52. The molecule has 0 saturated carbocycles. The van der Waals surface area contributed by atoms with Crippen LogP contribution in [0.1, 0.15) is 50.3 Å². The van der Waals surface area contributed by atoms with Crippen LogP contribution >= 0.6 is 0 Å². The summed E-state index contributed by atoms with van der Waals surface area (Å²) in [6.45, 7) is 9.11. The summed E-state index contributed by atoms with van der Waals surface area (Å²) in [4.78, 5) is 0. The monoisotopic (exact) mass is 285 g/mol. The van der Waals surface area contributed by atoms with Gasteiger partial charge in [-0.15, -0.1) is 0 Å². The van der Waals surface area contributed by atoms with Crippen molar-refractivity contribution in [1.82, 2.24) is 5.32 Å². The number of halogens is 3. The first kappa shape index (κ1) is 15.4. The Morgan fingerprint density at radius 3 is 2.20 bits per heavy atom. The lowest BCUT2D eigenvalue weighted by Gasteiger charge is -2.44. The highest BCUT2D eigenvalue weighted by Crippen LogP contribution is 2.47. The van der Waals surface area contributed by atoms with Gasteiger partial charge >= 0.3 is 6.18 Å². The van der Waals surface area contributed by atoms with E-state index in [0.29, 0.717) is 5.56 Å². The van der Waals surface area contributed by atoms with E-state index >= 15 is 0 Å². The van der Waals surface area contributed by atoms with Gasteiger partial charge in [-0.1, -0.05) is 26.8 Å².